The lowest BCUT2D eigenvalue weighted by atomic mass is 10.0. The highest BCUT2D eigenvalue weighted by Crippen LogP contribution is 2.39. The standard InChI is InChI=1S/C25H22N2O3/c1-3-29-25(28)27(22-12-8-5-9-13-22)23-18(2)26-30-24(23)21-16-14-20(15-17-21)19-10-6-4-7-11-19/h4-17H,3H2,1-2H3. The van der Waals surface area contributed by atoms with E-state index in [1.807, 2.05) is 79.7 Å². The highest BCUT2D eigenvalue weighted by Gasteiger charge is 2.28. The van der Waals surface area contributed by atoms with E-state index in [2.05, 4.69) is 17.3 Å². The Morgan fingerprint density at radius 1 is 0.867 bits per heavy atom. The van der Waals surface area contributed by atoms with Crippen molar-refractivity contribution in [2.24, 2.45) is 0 Å². The first-order valence-corrected chi connectivity index (χ1v) is 9.83. The van der Waals surface area contributed by atoms with Crippen molar-refractivity contribution in [1.82, 2.24) is 5.16 Å². The number of amides is 1. The number of aromatic nitrogens is 1. The van der Waals surface area contributed by atoms with Gasteiger partial charge in [0.1, 0.15) is 11.4 Å². The maximum absolute atomic E-state index is 12.9. The highest BCUT2D eigenvalue weighted by atomic mass is 16.6. The number of benzene rings is 3. The average molecular weight is 398 g/mol. The Hall–Kier alpha value is -3.86. The van der Waals surface area contributed by atoms with Crippen molar-refractivity contribution in [2.45, 2.75) is 13.8 Å². The summed E-state index contributed by atoms with van der Waals surface area (Å²) in [7, 11) is 0. The van der Waals surface area contributed by atoms with Gasteiger partial charge in [0.2, 0.25) is 0 Å². The van der Waals surface area contributed by atoms with E-state index >= 15 is 0 Å². The minimum absolute atomic E-state index is 0.271. The van der Waals surface area contributed by atoms with Crippen LogP contribution < -0.4 is 4.90 Å². The third kappa shape index (κ3) is 3.82. The molecular weight excluding hydrogens is 376 g/mol. The van der Waals surface area contributed by atoms with Crippen LogP contribution in [0.15, 0.2) is 89.5 Å². The van der Waals surface area contributed by atoms with Crippen molar-refractivity contribution < 1.29 is 14.1 Å². The maximum atomic E-state index is 12.9. The number of rotatable bonds is 5. The zero-order valence-electron chi connectivity index (χ0n) is 16.9. The van der Waals surface area contributed by atoms with E-state index in [-0.39, 0.29) is 6.61 Å². The largest absolute Gasteiger partial charge is 0.449 e. The van der Waals surface area contributed by atoms with Crippen LogP contribution in [0.5, 0.6) is 0 Å². The average Bonchev–Trinajstić information content (AvgIpc) is 3.17. The minimum Gasteiger partial charge on any atom is -0.449 e. The zero-order chi connectivity index (χ0) is 20.9. The van der Waals surface area contributed by atoms with Crippen LogP contribution in [0.3, 0.4) is 0 Å². The van der Waals surface area contributed by atoms with Crippen LogP contribution in [-0.2, 0) is 4.74 Å². The molecule has 0 atom stereocenters. The van der Waals surface area contributed by atoms with E-state index < -0.39 is 6.09 Å². The molecule has 0 aliphatic heterocycles. The molecule has 3 aromatic carbocycles. The molecule has 0 radical (unpaired) electrons. The Morgan fingerprint density at radius 3 is 2.07 bits per heavy atom. The normalized spacial score (nSPS) is 10.6. The molecule has 30 heavy (non-hydrogen) atoms. The SMILES string of the molecule is CCOC(=O)N(c1ccccc1)c1c(C)noc1-c1ccc(-c2ccccc2)cc1. The van der Waals surface area contributed by atoms with E-state index in [1.54, 1.807) is 6.92 Å². The van der Waals surface area contributed by atoms with Crippen LogP contribution in [0, 0.1) is 6.92 Å². The fourth-order valence-corrected chi connectivity index (χ4v) is 3.35. The number of anilines is 2. The van der Waals surface area contributed by atoms with Crippen LogP contribution in [0.1, 0.15) is 12.6 Å². The summed E-state index contributed by atoms with van der Waals surface area (Å²) in [6.45, 7) is 3.87. The van der Waals surface area contributed by atoms with Gasteiger partial charge in [-0.3, -0.25) is 0 Å². The molecule has 0 aliphatic rings. The summed E-state index contributed by atoms with van der Waals surface area (Å²) in [5.74, 6) is 0.518. The summed E-state index contributed by atoms with van der Waals surface area (Å²) in [6.07, 6.45) is -0.475. The third-order valence-electron chi connectivity index (χ3n) is 4.77. The van der Waals surface area contributed by atoms with Crippen molar-refractivity contribution in [3.63, 3.8) is 0 Å². The monoisotopic (exact) mass is 398 g/mol. The summed E-state index contributed by atoms with van der Waals surface area (Å²) in [4.78, 5) is 14.4. The fourth-order valence-electron chi connectivity index (χ4n) is 3.35. The van der Waals surface area contributed by atoms with Crippen LogP contribution in [0.2, 0.25) is 0 Å². The van der Waals surface area contributed by atoms with Crippen LogP contribution in [0.25, 0.3) is 22.5 Å². The van der Waals surface area contributed by atoms with E-state index in [1.165, 1.54) is 4.90 Å². The van der Waals surface area contributed by atoms with Crippen molar-refractivity contribution in [2.75, 3.05) is 11.5 Å². The summed E-state index contributed by atoms with van der Waals surface area (Å²) >= 11 is 0. The van der Waals surface area contributed by atoms with Crippen LogP contribution >= 0.6 is 0 Å². The second-order valence-corrected chi connectivity index (χ2v) is 6.76. The lowest BCUT2D eigenvalue weighted by Crippen LogP contribution is -2.27. The van der Waals surface area contributed by atoms with Gasteiger partial charge in [0.05, 0.1) is 12.3 Å². The molecule has 0 saturated carbocycles. The van der Waals surface area contributed by atoms with Gasteiger partial charge in [-0.25, -0.2) is 9.69 Å². The summed E-state index contributed by atoms with van der Waals surface area (Å²) < 4.78 is 11.0. The minimum atomic E-state index is -0.475. The molecule has 5 heteroatoms. The lowest BCUT2D eigenvalue weighted by Gasteiger charge is -2.22. The summed E-state index contributed by atoms with van der Waals surface area (Å²) in [5, 5.41) is 4.14. The van der Waals surface area contributed by atoms with Crippen LogP contribution in [0.4, 0.5) is 16.2 Å². The Balaban J connectivity index is 1.77. The second kappa shape index (κ2) is 8.66. The van der Waals surface area contributed by atoms with Gasteiger partial charge >= 0.3 is 6.09 Å². The molecule has 0 spiro atoms. The molecule has 0 aliphatic carbocycles. The van der Waals surface area contributed by atoms with E-state index in [4.69, 9.17) is 9.26 Å². The Morgan fingerprint density at radius 2 is 1.43 bits per heavy atom. The molecule has 4 aromatic rings. The Labute approximate surface area is 175 Å². The Bertz CT molecular complexity index is 1120. The summed E-state index contributed by atoms with van der Waals surface area (Å²) in [5.41, 5.74) is 4.93. The predicted molar refractivity (Wildman–Crippen MR) is 118 cm³/mol. The number of para-hydroxylation sites is 1. The van der Waals surface area contributed by atoms with Crippen molar-refractivity contribution in [1.29, 1.82) is 0 Å². The smallest absolute Gasteiger partial charge is 0.419 e. The van der Waals surface area contributed by atoms with Gasteiger partial charge in [0.25, 0.3) is 0 Å². The van der Waals surface area contributed by atoms with Gasteiger partial charge in [-0.05, 0) is 37.1 Å². The Kier molecular flexibility index (Phi) is 5.61. The quantitative estimate of drug-likeness (QED) is 0.379. The van der Waals surface area contributed by atoms with Gasteiger partial charge in [0, 0.05) is 5.56 Å². The van der Waals surface area contributed by atoms with Crippen molar-refractivity contribution in [3.05, 3.63) is 90.6 Å². The molecule has 1 amide bonds. The number of nitrogens with zero attached hydrogens (tertiary/aromatic N) is 2. The molecule has 0 unspecified atom stereocenters. The van der Waals surface area contributed by atoms with E-state index in [9.17, 15) is 4.79 Å². The van der Waals surface area contributed by atoms with Gasteiger partial charge in [-0.15, -0.1) is 0 Å². The highest BCUT2D eigenvalue weighted by molar-refractivity contribution is 6.00. The molecule has 1 heterocycles. The molecule has 5 nitrogen and oxygen atoms in total. The van der Waals surface area contributed by atoms with E-state index in [0.717, 1.165) is 16.7 Å². The van der Waals surface area contributed by atoms with Crippen LogP contribution in [-0.4, -0.2) is 17.9 Å². The molecule has 1 aromatic heterocycles. The van der Waals surface area contributed by atoms with Gasteiger partial charge in [-0.2, -0.15) is 0 Å². The molecule has 0 bridgehead atoms. The third-order valence-corrected chi connectivity index (χ3v) is 4.77. The van der Waals surface area contributed by atoms with Crippen molar-refractivity contribution >= 4 is 17.5 Å². The zero-order valence-corrected chi connectivity index (χ0v) is 16.9. The fraction of sp³-hybridized carbons (Fsp3) is 0.120. The number of carbonyl (C=O) groups excluding carboxylic acids is 1. The van der Waals surface area contributed by atoms with E-state index in [0.29, 0.717) is 22.8 Å². The number of ether oxygens (including phenoxy) is 1. The lowest BCUT2D eigenvalue weighted by molar-refractivity contribution is 0.162. The molecule has 0 fully saturated rings. The number of hydrogen-bond acceptors (Lipinski definition) is 4. The molecule has 0 saturated heterocycles. The predicted octanol–water partition coefficient (Wildman–Crippen LogP) is 6.61. The molecular formula is C25H22N2O3. The molecule has 0 N–H and O–H groups in total. The number of hydrogen-bond donors (Lipinski definition) is 0. The number of aryl methyl sites for hydroxylation is 1. The summed E-state index contributed by atoms with van der Waals surface area (Å²) in [6, 6.07) is 27.5. The van der Waals surface area contributed by atoms with Crippen molar-refractivity contribution in [3.8, 4) is 22.5 Å². The van der Waals surface area contributed by atoms with Gasteiger partial charge in [0.15, 0.2) is 5.76 Å². The first-order valence-electron chi connectivity index (χ1n) is 9.83. The molecule has 150 valence electrons. The second-order valence-electron chi connectivity index (χ2n) is 6.76. The first kappa shape index (κ1) is 19.5. The maximum Gasteiger partial charge on any atom is 0.419 e. The van der Waals surface area contributed by atoms with Gasteiger partial charge < -0.3 is 9.26 Å². The van der Waals surface area contributed by atoms with Gasteiger partial charge in [-0.1, -0.05) is 78.0 Å². The molecule has 4 rings (SSSR count). The number of carbonyl (C=O) groups is 1. The first-order chi connectivity index (χ1) is 14.7. The topological polar surface area (TPSA) is 55.6 Å².